The van der Waals surface area contributed by atoms with Crippen molar-refractivity contribution in [3.8, 4) is 0 Å². The van der Waals surface area contributed by atoms with Crippen molar-refractivity contribution in [3.05, 3.63) is 77.2 Å². The van der Waals surface area contributed by atoms with Gasteiger partial charge in [-0.3, -0.25) is 14.5 Å². The Morgan fingerprint density at radius 1 is 1.13 bits per heavy atom. The largest absolute Gasteiger partial charge is 0.326 e. The maximum absolute atomic E-state index is 12.6. The molecule has 0 saturated carbocycles. The summed E-state index contributed by atoms with van der Waals surface area (Å²) in [7, 11) is -3.79. The second kappa shape index (κ2) is 10.0. The van der Waals surface area contributed by atoms with Crippen molar-refractivity contribution in [1.29, 1.82) is 0 Å². The number of nitrogens with zero attached hydrogens (tertiary/aromatic N) is 1. The number of hydrogen-bond acceptors (Lipinski definition) is 6. The van der Waals surface area contributed by atoms with Crippen LogP contribution in [0.1, 0.15) is 12.0 Å². The number of benzene rings is 2. The highest BCUT2D eigenvalue weighted by atomic mass is 32.2. The normalized spacial score (nSPS) is 15.8. The molecule has 2 amide bonds. The van der Waals surface area contributed by atoms with E-state index in [4.69, 9.17) is 17.4 Å². The van der Waals surface area contributed by atoms with Crippen molar-refractivity contribution in [1.82, 2.24) is 4.90 Å². The van der Waals surface area contributed by atoms with Crippen LogP contribution in [0.2, 0.25) is 0 Å². The summed E-state index contributed by atoms with van der Waals surface area (Å²) in [6.07, 6.45) is 5.43. The van der Waals surface area contributed by atoms with Crippen LogP contribution in [0, 0.1) is 0 Å². The van der Waals surface area contributed by atoms with E-state index in [0.29, 0.717) is 14.9 Å². The van der Waals surface area contributed by atoms with Gasteiger partial charge in [0, 0.05) is 18.7 Å². The maximum atomic E-state index is 12.6. The van der Waals surface area contributed by atoms with Gasteiger partial charge >= 0.3 is 0 Å². The molecule has 7 nitrogen and oxygen atoms in total. The van der Waals surface area contributed by atoms with E-state index in [-0.39, 0.29) is 29.7 Å². The Labute approximate surface area is 190 Å². The predicted molar refractivity (Wildman–Crippen MR) is 127 cm³/mol. The molecule has 1 aliphatic rings. The van der Waals surface area contributed by atoms with Gasteiger partial charge in [0.25, 0.3) is 5.91 Å². The summed E-state index contributed by atoms with van der Waals surface area (Å²) in [5.41, 5.74) is 1.44. The van der Waals surface area contributed by atoms with Crippen LogP contribution in [0.5, 0.6) is 0 Å². The van der Waals surface area contributed by atoms with E-state index in [1.165, 1.54) is 40.9 Å². The summed E-state index contributed by atoms with van der Waals surface area (Å²) < 4.78 is 22.9. The fourth-order valence-electron chi connectivity index (χ4n) is 2.68. The second-order valence-corrected chi connectivity index (χ2v) is 9.73. The minimum atomic E-state index is -3.79. The standard InChI is InChI=1S/C21H19N3O4S3/c22-31(27,28)17-11-9-16(10-12-17)23-19(25)13-14-24-20(26)18(30-21(24)29)8-4-7-15-5-2-1-3-6-15/h1-12H,13-14H2,(H,23,25)(H2,22,27,28)/b7-4+,18-8-. The van der Waals surface area contributed by atoms with Crippen LogP contribution in [-0.4, -0.2) is 36.0 Å². The Bertz CT molecular complexity index is 1160. The van der Waals surface area contributed by atoms with Crippen LogP contribution in [0.15, 0.2) is 76.5 Å². The van der Waals surface area contributed by atoms with E-state index >= 15 is 0 Å². The molecule has 31 heavy (non-hydrogen) atoms. The number of allylic oxidation sites excluding steroid dienone is 2. The van der Waals surface area contributed by atoms with Gasteiger partial charge in [-0.05, 0) is 35.9 Å². The van der Waals surface area contributed by atoms with Gasteiger partial charge in [-0.2, -0.15) is 0 Å². The highest BCUT2D eigenvalue weighted by Crippen LogP contribution is 2.31. The molecule has 3 N–H and O–H groups in total. The van der Waals surface area contributed by atoms with Gasteiger partial charge < -0.3 is 5.32 Å². The number of thiocarbonyl (C=S) groups is 1. The maximum Gasteiger partial charge on any atom is 0.266 e. The molecule has 1 aliphatic heterocycles. The monoisotopic (exact) mass is 473 g/mol. The van der Waals surface area contributed by atoms with E-state index in [0.717, 1.165) is 5.56 Å². The van der Waals surface area contributed by atoms with Crippen molar-refractivity contribution in [3.63, 3.8) is 0 Å². The number of amides is 2. The number of nitrogens with one attached hydrogen (secondary N) is 1. The lowest BCUT2D eigenvalue weighted by Gasteiger charge is -2.14. The molecule has 2 aromatic carbocycles. The quantitative estimate of drug-likeness (QED) is 0.472. The van der Waals surface area contributed by atoms with Crippen molar-refractivity contribution in [2.75, 3.05) is 11.9 Å². The lowest BCUT2D eigenvalue weighted by atomic mass is 10.2. The molecule has 0 bridgehead atoms. The van der Waals surface area contributed by atoms with Crippen LogP contribution >= 0.6 is 24.0 Å². The zero-order valence-corrected chi connectivity index (χ0v) is 18.7. The first-order valence-electron chi connectivity index (χ1n) is 9.14. The first-order chi connectivity index (χ1) is 14.7. The van der Waals surface area contributed by atoms with E-state index in [9.17, 15) is 18.0 Å². The van der Waals surface area contributed by atoms with Gasteiger partial charge in [0.05, 0.1) is 9.80 Å². The predicted octanol–water partition coefficient (Wildman–Crippen LogP) is 3.12. The molecule has 1 heterocycles. The first-order valence-corrected chi connectivity index (χ1v) is 11.9. The van der Waals surface area contributed by atoms with E-state index in [1.807, 2.05) is 36.4 Å². The smallest absolute Gasteiger partial charge is 0.266 e. The van der Waals surface area contributed by atoms with Gasteiger partial charge in [0.1, 0.15) is 4.32 Å². The molecule has 0 aromatic heterocycles. The van der Waals surface area contributed by atoms with Crippen LogP contribution in [0.3, 0.4) is 0 Å². The topological polar surface area (TPSA) is 110 Å². The zero-order valence-electron chi connectivity index (χ0n) is 16.2. The summed E-state index contributed by atoms with van der Waals surface area (Å²) in [6, 6.07) is 15.2. The molecular formula is C21H19N3O4S3. The third-order valence-corrected chi connectivity index (χ3v) is 6.56. The molecule has 3 rings (SSSR count). The lowest BCUT2D eigenvalue weighted by Crippen LogP contribution is -2.31. The molecule has 1 fully saturated rings. The third-order valence-electron chi connectivity index (χ3n) is 4.24. The number of sulfonamides is 1. The SMILES string of the molecule is NS(=O)(=O)c1ccc(NC(=O)CCN2C(=O)/C(=C/C=C/c3ccccc3)SC2=S)cc1. The molecule has 160 valence electrons. The van der Waals surface area contributed by atoms with Gasteiger partial charge in [-0.25, -0.2) is 13.6 Å². The summed E-state index contributed by atoms with van der Waals surface area (Å²) in [5, 5.41) is 7.70. The number of rotatable bonds is 7. The van der Waals surface area contributed by atoms with Crippen molar-refractivity contribution in [2.24, 2.45) is 5.14 Å². The number of anilines is 1. The Morgan fingerprint density at radius 2 is 1.81 bits per heavy atom. The number of thioether (sulfide) groups is 1. The number of carbonyl (C=O) groups excluding carboxylic acids is 2. The Kier molecular flexibility index (Phi) is 7.39. The minimum absolute atomic E-state index is 0.0382. The molecule has 0 aliphatic carbocycles. The highest BCUT2D eigenvalue weighted by molar-refractivity contribution is 8.26. The Hall–Kier alpha value is -2.79. The average molecular weight is 474 g/mol. The fourth-order valence-corrected chi connectivity index (χ4v) is 4.46. The molecule has 0 spiro atoms. The number of carbonyl (C=O) groups is 2. The van der Waals surface area contributed by atoms with E-state index < -0.39 is 10.0 Å². The molecule has 0 radical (unpaired) electrons. The summed E-state index contributed by atoms with van der Waals surface area (Å²) in [4.78, 5) is 26.6. The summed E-state index contributed by atoms with van der Waals surface area (Å²) in [5.74, 6) is -0.566. The van der Waals surface area contributed by atoms with Crippen molar-refractivity contribution >= 4 is 61.9 Å². The van der Waals surface area contributed by atoms with Crippen molar-refractivity contribution < 1.29 is 18.0 Å². The molecule has 2 aromatic rings. The van der Waals surface area contributed by atoms with Gasteiger partial charge in [-0.1, -0.05) is 66.5 Å². The van der Waals surface area contributed by atoms with Gasteiger partial charge in [0.15, 0.2) is 0 Å². The Balaban J connectivity index is 1.54. The fraction of sp³-hybridized carbons (Fsp3) is 0.0952. The van der Waals surface area contributed by atoms with E-state index in [1.54, 1.807) is 12.2 Å². The molecular weight excluding hydrogens is 454 g/mol. The lowest BCUT2D eigenvalue weighted by molar-refractivity contribution is -0.122. The molecule has 10 heteroatoms. The van der Waals surface area contributed by atoms with Gasteiger partial charge in [0.2, 0.25) is 15.9 Å². The number of primary sulfonamides is 1. The third kappa shape index (κ3) is 6.34. The summed E-state index contributed by atoms with van der Waals surface area (Å²) in [6.45, 7) is 0.144. The second-order valence-electron chi connectivity index (χ2n) is 6.49. The number of hydrogen-bond donors (Lipinski definition) is 2. The van der Waals surface area contributed by atoms with Crippen LogP contribution in [0.25, 0.3) is 6.08 Å². The molecule has 0 unspecified atom stereocenters. The zero-order chi connectivity index (χ0) is 22.4. The first kappa shape index (κ1) is 22.9. The minimum Gasteiger partial charge on any atom is -0.326 e. The Morgan fingerprint density at radius 3 is 2.45 bits per heavy atom. The average Bonchev–Trinajstić information content (AvgIpc) is 3.00. The molecule has 1 saturated heterocycles. The van der Waals surface area contributed by atoms with Crippen LogP contribution < -0.4 is 10.5 Å². The van der Waals surface area contributed by atoms with Crippen LogP contribution in [-0.2, 0) is 19.6 Å². The number of nitrogens with two attached hydrogens (primary N) is 1. The van der Waals surface area contributed by atoms with Gasteiger partial charge in [-0.15, -0.1) is 0 Å². The summed E-state index contributed by atoms with van der Waals surface area (Å²) >= 11 is 6.47. The van der Waals surface area contributed by atoms with Crippen LogP contribution in [0.4, 0.5) is 5.69 Å². The highest BCUT2D eigenvalue weighted by Gasteiger charge is 2.31. The van der Waals surface area contributed by atoms with Crippen molar-refractivity contribution in [2.45, 2.75) is 11.3 Å². The van der Waals surface area contributed by atoms with E-state index in [2.05, 4.69) is 5.32 Å². The molecule has 0 atom stereocenters.